The minimum absolute atomic E-state index is 0.733. The summed E-state index contributed by atoms with van der Waals surface area (Å²) in [7, 11) is 1.92. The molecule has 0 aromatic carbocycles. The zero-order valence-electron chi connectivity index (χ0n) is 12.2. The molecule has 0 saturated heterocycles. The summed E-state index contributed by atoms with van der Waals surface area (Å²) >= 11 is 1.86. The highest BCUT2D eigenvalue weighted by molar-refractivity contribution is 7.99. The number of thioether (sulfide) groups is 1. The van der Waals surface area contributed by atoms with Gasteiger partial charge in [0.25, 0.3) is 0 Å². The Morgan fingerprint density at radius 1 is 1.28 bits per heavy atom. The molecule has 1 heterocycles. The van der Waals surface area contributed by atoms with Crippen molar-refractivity contribution in [3.63, 3.8) is 0 Å². The van der Waals surface area contributed by atoms with E-state index < -0.39 is 0 Å². The van der Waals surface area contributed by atoms with Gasteiger partial charge < -0.3 is 5.32 Å². The van der Waals surface area contributed by atoms with Crippen LogP contribution in [-0.4, -0.2) is 22.8 Å². The number of aryl methyl sites for hydroxylation is 1. The second-order valence-corrected chi connectivity index (χ2v) is 5.75. The van der Waals surface area contributed by atoms with Gasteiger partial charge in [0.15, 0.2) is 0 Å². The molecule has 0 amide bonds. The number of hydrogen-bond donors (Lipinski definition) is 1. The number of nitrogens with zero attached hydrogens (tertiary/aromatic N) is 2. The first-order valence-corrected chi connectivity index (χ1v) is 7.78. The summed E-state index contributed by atoms with van der Waals surface area (Å²) in [5, 5.41) is 4.31. The monoisotopic (exact) mass is 267 g/mol. The molecule has 0 aliphatic rings. The fourth-order valence-electron chi connectivity index (χ4n) is 1.60. The van der Waals surface area contributed by atoms with Gasteiger partial charge in [-0.25, -0.2) is 9.97 Å². The van der Waals surface area contributed by atoms with Gasteiger partial charge in [0.2, 0.25) is 0 Å². The summed E-state index contributed by atoms with van der Waals surface area (Å²) in [5.74, 6) is 3.79. The summed E-state index contributed by atoms with van der Waals surface area (Å²) < 4.78 is 0. The molecule has 0 radical (unpaired) electrons. The maximum absolute atomic E-state index is 4.69. The van der Waals surface area contributed by atoms with Crippen molar-refractivity contribution in [3.05, 3.63) is 11.4 Å². The Labute approximate surface area is 115 Å². The molecule has 0 bridgehead atoms. The van der Waals surface area contributed by atoms with Crippen LogP contribution in [0.25, 0.3) is 0 Å². The largest absolute Gasteiger partial charge is 0.373 e. The molecule has 18 heavy (non-hydrogen) atoms. The number of hydrogen-bond acceptors (Lipinski definition) is 4. The van der Waals surface area contributed by atoms with Crippen LogP contribution >= 0.6 is 11.8 Å². The highest BCUT2D eigenvalue weighted by atomic mass is 32.2. The van der Waals surface area contributed by atoms with Crippen molar-refractivity contribution in [2.75, 3.05) is 18.1 Å². The lowest BCUT2D eigenvalue weighted by Crippen LogP contribution is -2.06. The van der Waals surface area contributed by atoms with Crippen LogP contribution in [0.1, 0.15) is 45.0 Å². The SMILES string of the molecule is CCCc1nc(NC)c(C)c(SCC(C)CC)n1. The maximum atomic E-state index is 4.69. The second-order valence-electron chi connectivity index (χ2n) is 4.74. The third kappa shape index (κ3) is 4.16. The fraction of sp³-hybridized carbons (Fsp3) is 0.714. The molecule has 4 heteroatoms. The van der Waals surface area contributed by atoms with Gasteiger partial charge in [-0.1, -0.05) is 27.2 Å². The summed E-state index contributed by atoms with van der Waals surface area (Å²) in [5.41, 5.74) is 1.17. The molecule has 1 atom stereocenters. The molecular formula is C14H25N3S. The Morgan fingerprint density at radius 2 is 2.00 bits per heavy atom. The third-order valence-electron chi connectivity index (χ3n) is 3.06. The van der Waals surface area contributed by atoms with E-state index in [4.69, 9.17) is 0 Å². The van der Waals surface area contributed by atoms with Gasteiger partial charge in [0.05, 0.1) is 0 Å². The highest BCUT2D eigenvalue weighted by Gasteiger charge is 2.11. The van der Waals surface area contributed by atoms with Crippen LogP contribution in [0.4, 0.5) is 5.82 Å². The smallest absolute Gasteiger partial charge is 0.133 e. The van der Waals surface area contributed by atoms with Crippen LogP contribution in [0.2, 0.25) is 0 Å². The molecule has 1 rings (SSSR count). The van der Waals surface area contributed by atoms with Crippen LogP contribution in [0.5, 0.6) is 0 Å². The average Bonchev–Trinajstić information content (AvgIpc) is 2.38. The molecule has 0 aliphatic heterocycles. The van der Waals surface area contributed by atoms with Crippen LogP contribution in [0.15, 0.2) is 5.03 Å². The summed E-state index contributed by atoms with van der Waals surface area (Å²) in [6.45, 7) is 8.78. The van der Waals surface area contributed by atoms with Gasteiger partial charge >= 0.3 is 0 Å². The molecule has 1 aromatic rings. The Hall–Kier alpha value is -0.770. The lowest BCUT2D eigenvalue weighted by Gasteiger charge is -2.13. The highest BCUT2D eigenvalue weighted by Crippen LogP contribution is 2.27. The summed E-state index contributed by atoms with van der Waals surface area (Å²) in [6.07, 6.45) is 3.26. The van der Waals surface area contributed by atoms with Gasteiger partial charge in [0, 0.05) is 24.8 Å². The van der Waals surface area contributed by atoms with Gasteiger partial charge in [-0.3, -0.25) is 0 Å². The predicted molar refractivity (Wildman–Crippen MR) is 80.5 cm³/mol. The van der Waals surface area contributed by atoms with Crippen LogP contribution < -0.4 is 5.32 Å². The van der Waals surface area contributed by atoms with E-state index in [9.17, 15) is 0 Å². The minimum Gasteiger partial charge on any atom is -0.373 e. The number of aromatic nitrogens is 2. The quantitative estimate of drug-likeness (QED) is 0.600. The first-order valence-electron chi connectivity index (χ1n) is 6.80. The molecule has 0 spiro atoms. The lowest BCUT2D eigenvalue weighted by molar-refractivity contribution is 0.636. The van der Waals surface area contributed by atoms with E-state index in [1.54, 1.807) is 0 Å². The minimum atomic E-state index is 0.733. The first kappa shape index (κ1) is 15.3. The van der Waals surface area contributed by atoms with Crippen LogP contribution in [0.3, 0.4) is 0 Å². The van der Waals surface area contributed by atoms with E-state index in [0.29, 0.717) is 0 Å². The normalized spacial score (nSPS) is 12.5. The molecule has 1 N–H and O–H groups in total. The third-order valence-corrected chi connectivity index (χ3v) is 4.47. The van der Waals surface area contributed by atoms with E-state index in [0.717, 1.165) is 41.2 Å². The van der Waals surface area contributed by atoms with Crippen LogP contribution in [0, 0.1) is 12.8 Å². The maximum Gasteiger partial charge on any atom is 0.133 e. The molecular weight excluding hydrogens is 242 g/mol. The standard InChI is InChI=1S/C14H25N3S/c1-6-8-12-16-13(15-5)11(4)14(17-12)18-9-10(3)7-2/h10H,6-9H2,1-5H3,(H,15,16,17). The summed E-state index contributed by atoms with van der Waals surface area (Å²) in [6, 6.07) is 0. The van der Waals surface area contributed by atoms with E-state index >= 15 is 0 Å². The van der Waals surface area contributed by atoms with E-state index in [1.165, 1.54) is 12.0 Å². The number of anilines is 1. The Balaban J connectivity index is 2.90. The van der Waals surface area contributed by atoms with E-state index in [2.05, 4.69) is 43.0 Å². The van der Waals surface area contributed by atoms with Crippen molar-refractivity contribution in [1.82, 2.24) is 9.97 Å². The lowest BCUT2D eigenvalue weighted by atomic mass is 10.2. The molecule has 102 valence electrons. The van der Waals surface area contributed by atoms with Gasteiger partial charge in [-0.05, 0) is 19.3 Å². The average molecular weight is 267 g/mol. The van der Waals surface area contributed by atoms with Crippen molar-refractivity contribution in [3.8, 4) is 0 Å². The fourth-order valence-corrected chi connectivity index (χ4v) is 2.76. The van der Waals surface area contributed by atoms with Crippen molar-refractivity contribution in [2.45, 2.75) is 52.0 Å². The first-order chi connectivity index (χ1) is 8.62. The van der Waals surface area contributed by atoms with Crippen LogP contribution in [-0.2, 0) is 6.42 Å². The molecule has 0 saturated carbocycles. The van der Waals surface area contributed by atoms with Crippen molar-refractivity contribution in [1.29, 1.82) is 0 Å². The second kappa shape index (κ2) is 7.62. The van der Waals surface area contributed by atoms with Gasteiger partial charge in [0.1, 0.15) is 16.7 Å². The number of rotatable bonds is 7. The van der Waals surface area contributed by atoms with Crippen molar-refractivity contribution in [2.24, 2.45) is 5.92 Å². The zero-order valence-corrected chi connectivity index (χ0v) is 13.0. The molecule has 0 aliphatic carbocycles. The Bertz CT molecular complexity index is 380. The van der Waals surface area contributed by atoms with Gasteiger partial charge in [-0.15, -0.1) is 11.8 Å². The topological polar surface area (TPSA) is 37.8 Å². The Morgan fingerprint density at radius 3 is 2.56 bits per heavy atom. The van der Waals surface area contributed by atoms with E-state index in [-0.39, 0.29) is 0 Å². The van der Waals surface area contributed by atoms with E-state index in [1.807, 2.05) is 18.8 Å². The molecule has 1 unspecified atom stereocenters. The molecule has 1 aromatic heterocycles. The molecule has 3 nitrogen and oxygen atoms in total. The van der Waals surface area contributed by atoms with Crippen molar-refractivity contribution < 1.29 is 0 Å². The zero-order chi connectivity index (χ0) is 13.5. The van der Waals surface area contributed by atoms with Crippen molar-refractivity contribution >= 4 is 17.6 Å². The Kier molecular flexibility index (Phi) is 6.47. The summed E-state index contributed by atoms with van der Waals surface area (Å²) in [4.78, 5) is 9.24. The molecule has 0 fully saturated rings. The number of nitrogens with one attached hydrogen (secondary N) is 1. The van der Waals surface area contributed by atoms with Gasteiger partial charge in [-0.2, -0.15) is 0 Å². The predicted octanol–water partition coefficient (Wildman–Crippen LogP) is 3.92.